The van der Waals surface area contributed by atoms with E-state index in [2.05, 4.69) is 15.6 Å². The molecule has 2 aromatic carbocycles. The molecule has 0 spiro atoms. The number of carbonyl (C=O) groups is 1. The van der Waals surface area contributed by atoms with Gasteiger partial charge in [0, 0.05) is 22.2 Å². The number of amides is 1. The van der Waals surface area contributed by atoms with E-state index in [0.29, 0.717) is 28.0 Å². The van der Waals surface area contributed by atoms with Crippen LogP contribution in [0.2, 0.25) is 10.0 Å². The zero-order valence-electron chi connectivity index (χ0n) is 13.2. The maximum absolute atomic E-state index is 12.2. The number of halogens is 2. The van der Waals surface area contributed by atoms with Crippen LogP contribution in [0, 0.1) is 0 Å². The van der Waals surface area contributed by atoms with Crippen molar-refractivity contribution in [3.05, 3.63) is 88.0 Å². The number of anilines is 2. The first-order valence-electron chi connectivity index (χ1n) is 7.61. The molecule has 2 N–H and O–H groups in total. The van der Waals surface area contributed by atoms with E-state index < -0.39 is 0 Å². The van der Waals surface area contributed by atoms with Crippen molar-refractivity contribution < 1.29 is 4.79 Å². The molecule has 0 aliphatic rings. The molecule has 4 nitrogen and oxygen atoms in total. The Kier molecular flexibility index (Phi) is 5.53. The number of rotatable bonds is 5. The van der Waals surface area contributed by atoms with Gasteiger partial charge in [-0.3, -0.25) is 4.79 Å². The van der Waals surface area contributed by atoms with Crippen molar-refractivity contribution in [2.45, 2.75) is 6.54 Å². The number of aromatic nitrogens is 1. The van der Waals surface area contributed by atoms with Crippen molar-refractivity contribution in [2.75, 3.05) is 10.6 Å². The van der Waals surface area contributed by atoms with E-state index in [4.69, 9.17) is 23.2 Å². The summed E-state index contributed by atoms with van der Waals surface area (Å²) in [5.74, 6) is 0.221. The van der Waals surface area contributed by atoms with E-state index in [9.17, 15) is 4.79 Å². The molecule has 3 aromatic rings. The Morgan fingerprint density at radius 3 is 2.44 bits per heavy atom. The van der Waals surface area contributed by atoms with Crippen molar-refractivity contribution in [2.24, 2.45) is 0 Å². The molecule has 0 bridgehead atoms. The maximum Gasteiger partial charge on any atom is 0.256 e. The Morgan fingerprint density at radius 2 is 1.76 bits per heavy atom. The molecule has 126 valence electrons. The molecule has 0 fully saturated rings. The highest BCUT2D eigenvalue weighted by atomic mass is 35.5. The second-order valence-electron chi connectivity index (χ2n) is 5.38. The molecule has 0 atom stereocenters. The van der Waals surface area contributed by atoms with Gasteiger partial charge in [0.05, 0.1) is 11.9 Å². The van der Waals surface area contributed by atoms with Crippen LogP contribution < -0.4 is 10.6 Å². The van der Waals surface area contributed by atoms with Crippen LogP contribution in [0.5, 0.6) is 0 Å². The molecule has 0 saturated carbocycles. The van der Waals surface area contributed by atoms with Crippen LogP contribution in [0.15, 0.2) is 66.9 Å². The minimum Gasteiger partial charge on any atom is -0.380 e. The highest BCUT2D eigenvalue weighted by Crippen LogP contribution is 2.15. The molecule has 0 aliphatic heterocycles. The van der Waals surface area contributed by atoms with Crippen LogP contribution in [0.1, 0.15) is 15.9 Å². The van der Waals surface area contributed by atoms with Gasteiger partial charge in [0.15, 0.2) is 0 Å². The van der Waals surface area contributed by atoms with Gasteiger partial charge in [0.1, 0.15) is 5.82 Å². The van der Waals surface area contributed by atoms with E-state index in [1.165, 1.54) is 0 Å². The smallest absolute Gasteiger partial charge is 0.256 e. The molecule has 25 heavy (non-hydrogen) atoms. The van der Waals surface area contributed by atoms with Crippen molar-refractivity contribution >= 4 is 40.6 Å². The summed E-state index contributed by atoms with van der Waals surface area (Å²) >= 11 is 11.8. The van der Waals surface area contributed by atoms with Crippen LogP contribution in [-0.4, -0.2) is 10.9 Å². The van der Waals surface area contributed by atoms with Crippen LogP contribution in [-0.2, 0) is 6.54 Å². The standard InChI is InChI=1S/C19H15Cl2N3O/c20-15-6-4-13(5-7-15)11-22-17-8-9-18(23-12-17)24-19(25)14-2-1-3-16(21)10-14/h1-10,12,22H,11H2,(H,23,24,25). The number of nitrogens with zero attached hydrogens (tertiary/aromatic N) is 1. The lowest BCUT2D eigenvalue weighted by atomic mass is 10.2. The van der Waals surface area contributed by atoms with Crippen molar-refractivity contribution in [1.29, 1.82) is 0 Å². The molecular weight excluding hydrogens is 357 g/mol. The Hall–Kier alpha value is -2.56. The van der Waals surface area contributed by atoms with E-state index in [-0.39, 0.29) is 5.91 Å². The number of hydrogen-bond donors (Lipinski definition) is 2. The third-order valence-electron chi connectivity index (χ3n) is 3.50. The van der Waals surface area contributed by atoms with Crippen LogP contribution in [0.25, 0.3) is 0 Å². The second kappa shape index (κ2) is 8.01. The zero-order chi connectivity index (χ0) is 17.6. The Labute approximate surface area is 155 Å². The summed E-state index contributed by atoms with van der Waals surface area (Å²) in [7, 11) is 0. The summed E-state index contributed by atoms with van der Waals surface area (Å²) in [4.78, 5) is 16.4. The zero-order valence-corrected chi connectivity index (χ0v) is 14.7. The largest absolute Gasteiger partial charge is 0.380 e. The fraction of sp³-hybridized carbons (Fsp3) is 0.0526. The van der Waals surface area contributed by atoms with Crippen LogP contribution in [0.4, 0.5) is 11.5 Å². The normalized spacial score (nSPS) is 10.3. The van der Waals surface area contributed by atoms with E-state index in [1.54, 1.807) is 36.5 Å². The number of pyridine rings is 1. The Bertz CT molecular complexity index is 865. The molecule has 1 heterocycles. The summed E-state index contributed by atoms with van der Waals surface area (Å²) in [6, 6.07) is 18.0. The monoisotopic (exact) mass is 371 g/mol. The predicted octanol–water partition coefficient (Wildman–Crippen LogP) is 5.25. The molecule has 3 rings (SSSR count). The Balaban J connectivity index is 1.58. The minimum atomic E-state index is -0.253. The lowest BCUT2D eigenvalue weighted by Crippen LogP contribution is -2.12. The van der Waals surface area contributed by atoms with Gasteiger partial charge in [0.25, 0.3) is 5.91 Å². The van der Waals surface area contributed by atoms with Gasteiger partial charge in [-0.25, -0.2) is 4.98 Å². The van der Waals surface area contributed by atoms with Gasteiger partial charge in [0.2, 0.25) is 0 Å². The first-order chi connectivity index (χ1) is 12.1. The van der Waals surface area contributed by atoms with Gasteiger partial charge in [-0.2, -0.15) is 0 Å². The van der Waals surface area contributed by atoms with Crippen molar-refractivity contribution in [3.8, 4) is 0 Å². The third-order valence-corrected chi connectivity index (χ3v) is 3.99. The van der Waals surface area contributed by atoms with Crippen molar-refractivity contribution in [3.63, 3.8) is 0 Å². The van der Waals surface area contributed by atoms with Gasteiger partial charge >= 0.3 is 0 Å². The lowest BCUT2D eigenvalue weighted by Gasteiger charge is -2.08. The highest BCUT2D eigenvalue weighted by molar-refractivity contribution is 6.31. The number of benzene rings is 2. The van der Waals surface area contributed by atoms with Gasteiger partial charge in [-0.15, -0.1) is 0 Å². The topological polar surface area (TPSA) is 54.0 Å². The minimum absolute atomic E-state index is 0.253. The first-order valence-corrected chi connectivity index (χ1v) is 8.37. The Morgan fingerprint density at radius 1 is 0.960 bits per heavy atom. The molecule has 6 heteroatoms. The lowest BCUT2D eigenvalue weighted by molar-refractivity contribution is 0.102. The highest BCUT2D eigenvalue weighted by Gasteiger charge is 2.07. The maximum atomic E-state index is 12.2. The van der Waals surface area contributed by atoms with Gasteiger partial charge in [-0.05, 0) is 48.0 Å². The van der Waals surface area contributed by atoms with Crippen LogP contribution in [0.3, 0.4) is 0 Å². The van der Waals surface area contributed by atoms with E-state index in [1.807, 2.05) is 30.3 Å². The SMILES string of the molecule is O=C(Nc1ccc(NCc2ccc(Cl)cc2)cn1)c1cccc(Cl)c1. The fourth-order valence-electron chi connectivity index (χ4n) is 2.20. The molecule has 1 amide bonds. The quantitative estimate of drug-likeness (QED) is 0.643. The first kappa shape index (κ1) is 17.3. The summed E-state index contributed by atoms with van der Waals surface area (Å²) < 4.78 is 0. The summed E-state index contributed by atoms with van der Waals surface area (Å²) in [5.41, 5.74) is 2.46. The average Bonchev–Trinajstić information content (AvgIpc) is 2.62. The van der Waals surface area contributed by atoms with E-state index in [0.717, 1.165) is 11.3 Å². The molecule has 0 saturated heterocycles. The van der Waals surface area contributed by atoms with Gasteiger partial charge < -0.3 is 10.6 Å². The molecule has 1 aromatic heterocycles. The number of hydrogen-bond acceptors (Lipinski definition) is 3. The molecule has 0 unspecified atom stereocenters. The number of carbonyl (C=O) groups excluding carboxylic acids is 1. The summed E-state index contributed by atoms with van der Waals surface area (Å²) in [6.45, 7) is 0.660. The predicted molar refractivity (Wildman–Crippen MR) is 102 cm³/mol. The molecular formula is C19H15Cl2N3O. The van der Waals surface area contributed by atoms with Gasteiger partial charge in [-0.1, -0.05) is 41.4 Å². The fourth-order valence-corrected chi connectivity index (χ4v) is 2.51. The summed E-state index contributed by atoms with van der Waals surface area (Å²) in [5, 5.41) is 7.24. The van der Waals surface area contributed by atoms with Crippen molar-refractivity contribution in [1.82, 2.24) is 4.98 Å². The average molecular weight is 372 g/mol. The summed E-state index contributed by atoms with van der Waals surface area (Å²) in [6.07, 6.45) is 1.67. The number of nitrogens with one attached hydrogen (secondary N) is 2. The van der Waals surface area contributed by atoms with Crippen LogP contribution >= 0.6 is 23.2 Å². The van der Waals surface area contributed by atoms with E-state index >= 15 is 0 Å². The third kappa shape index (κ3) is 4.95. The molecule has 0 radical (unpaired) electrons. The second-order valence-corrected chi connectivity index (χ2v) is 6.25. The molecule has 0 aliphatic carbocycles.